The number of rotatable bonds is 4. The van der Waals surface area contributed by atoms with Gasteiger partial charge < -0.3 is 4.57 Å². The molecule has 0 unspecified atom stereocenters. The van der Waals surface area contributed by atoms with Crippen molar-refractivity contribution in [2.45, 2.75) is 13.8 Å². The molecule has 1 fully saturated rings. The van der Waals surface area contributed by atoms with Gasteiger partial charge in [0.2, 0.25) is 0 Å². The van der Waals surface area contributed by atoms with Crippen molar-refractivity contribution in [1.82, 2.24) is 9.88 Å². The van der Waals surface area contributed by atoms with Gasteiger partial charge in [-0.25, -0.2) is 0 Å². The van der Waals surface area contributed by atoms with E-state index in [9.17, 15) is 9.59 Å². The zero-order valence-corrected chi connectivity index (χ0v) is 21.2. The van der Waals surface area contributed by atoms with Crippen molar-refractivity contribution in [1.29, 1.82) is 0 Å². The quantitative estimate of drug-likeness (QED) is 0.200. The second kappa shape index (κ2) is 9.57. The highest BCUT2D eigenvalue weighted by Crippen LogP contribution is 2.28. The molecule has 0 aliphatic carbocycles. The molecule has 2 amide bonds. The van der Waals surface area contributed by atoms with E-state index in [0.29, 0.717) is 10.7 Å². The zero-order valence-electron chi connectivity index (χ0n) is 19.7. The highest BCUT2D eigenvalue weighted by atomic mass is 35.5. The number of aromatic nitrogens is 1. The lowest BCUT2D eigenvalue weighted by molar-refractivity contribution is -0.122. The van der Waals surface area contributed by atoms with Crippen molar-refractivity contribution in [3.63, 3.8) is 0 Å². The lowest BCUT2D eigenvalue weighted by Crippen LogP contribution is -2.54. The van der Waals surface area contributed by atoms with Crippen molar-refractivity contribution in [2.75, 3.05) is 4.90 Å². The van der Waals surface area contributed by atoms with E-state index < -0.39 is 11.8 Å². The van der Waals surface area contributed by atoms with Crippen LogP contribution in [0.2, 0.25) is 5.02 Å². The summed E-state index contributed by atoms with van der Waals surface area (Å²) < 4.78 is 2.11. The predicted molar refractivity (Wildman–Crippen MR) is 148 cm³/mol. The number of aryl methyl sites for hydroxylation is 1. The number of amides is 2. The van der Waals surface area contributed by atoms with Crippen LogP contribution in [0.1, 0.15) is 17.0 Å². The van der Waals surface area contributed by atoms with Crippen molar-refractivity contribution >= 4 is 52.5 Å². The van der Waals surface area contributed by atoms with Gasteiger partial charge in [-0.15, -0.1) is 0 Å². The topological polar surface area (TPSA) is 54.3 Å². The third-order valence-corrected chi connectivity index (χ3v) is 6.73. The van der Waals surface area contributed by atoms with Crippen molar-refractivity contribution in [2.24, 2.45) is 0 Å². The van der Waals surface area contributed by atoms with E-state index in [1.165, 1.54) is 4.90 Å². The van der Waals surface area contributed by atoms with Gasteiger partial charge >= 0.3 is 0 Å². The first-order valence-electron chi connectivity index (χ1n) is 11.4. The van der Waals surface area contributed by atoms with E-state index in [1.807, 2.05) is 38.1 Å². The Morgan fingerprint density at radius 2 is 1.44 bits per heavy atom. The Bertz CT molecular complexity index is 1520. The monoisotopic (exact) mass is 511 g/mol. The average molecular weight is 512 g/mol. The molecule has 178 valence electrons. The summed E-state index contributed by atoms with van der Waals surface area (Å²) in [6.45, 7) is 3.97. The van der Waals surface area contributed by atoms with E-state index in [1.54, 1.807) is 30.3 Å². The number of carbonyl (C=O) groups excluding carboxylic acids is 2. The Kier molecular flexibility index (Phi) is 6.31. The van der Waals surface area contributed by atoms with Crippen molar-refractivity contribution in [3.05, 3.63) is 112 Å². The zero-order chi connectivity index (χ0) is 25.4. The Labute approximate surface area is 219 Å². The third-order valence-electron chi connectivity index (χ3n) is 6.19. The molecule has 0 radical (unpaired) electrons. The summed E-state index contributed by atoms with van der Waals surface area (Å²) in [5.41, 5.74) is 6.51. The molecule has 36 heavy (non-hydrogen) atoms. The van der Waals surface area contributed by atoms with Crippen LogP contribution in [-0.4, -0.2) is 21.5 Å². The van der Waals surface area contributed by atoms with E-state index in [2.05, 4.69) is 46.3 Å². The Morgan fingerprint density at radius 1 is 0.833 bits per heavy atom. The first-order valence-corrected chi connectivity index (χ1v) is 12.1. The molecule has 5 rings (SSSR count). The fourth-order valence-corrected chi connectivity index (χ4v) is 4.81. The summed E-state index contributed by atoms with van der Waals surface area (Å²) in [4.78, 5) is 27.4. The van der Waals surface area contributed by atoms with Crippen molar-refractivity contribution in [3.8, 4) is 16.8 Å². The molecule has 0 saturated carbocycles. The second-order valence-corrected chi connectivity index (χ2v) is 9.33. The molecule has 1 aromatic heterocycles. The van der Waals surface area contributed by atoms with E-state index in [-0.39, 0.29) is 10.7 Å². The average Bonchev–Trinajstić information content (AvgIpc) is 3.16. The van der Waals surface area contributed by atoms with Crippen LogP contribution < -0.4 is 10.2 Å². The Hall–Kier alpha value is -4.00. The number of benzene rings is 3. The van der Waals surface area contributed by atoms with Gasteiger partial charge in [0.25, 0.3) is 11.8 Å². The van der Waals surface area contributed by atoms with Crippen LogP contribution >= 0.6 is 23.8 Å². The van der Waals surface area contributed by atoms with Gasteiger partial charge in [0.15, 0.2) is 5.11 Å². The number of nitrogens with one attached hydrogen (secondary N) is 1. The minimum Gasteiger partial charge on any atom is -0.318 e. The highest BCUT2D eigenvalue weighted by molar-refractivity contribution is 7.80. The first kappa shape index (κ1) is 23.7. The molecular weight excluding hydrogens is 490 g/mol. The molecule has 1 aliphatic rings. The normalized spacial score (nSPS) is 14.9. The maximum atomic E-state index is 13.4. The molecule has 3 aromatic carbocycles. The van der Waals surface area contributed by atoms with Crippen molar-refractivity contribution < 1.29 is 9.59 Å². The minimum absolute atomic E-state index is 0.0122. The maximum absolute atomic E-state index is 13.4. The SMILES string of the molecule is Cc1cc(C=C2C(=O)NC(=S)N(c3ccc(Cl)cc3)C2=O)c(C)n1-c1ccc(-c2ccccc2)cc1. The van der Waals surface area contributed by atoms with Gasteiger partial charge in [-0.2, -0.15) is 0 Å². The number of halogens is 1. The summed E-state index contributed by atoms with van der Waals surface area (Å²) in [6, 6.07) is 27.2. The number of thiocarbonyl (C=S) groups is 1. The number of anilines is 1. The lowest BCUT2D eigenvalue weighted by Gasteiger charge is -2.28. The molecule has 2 heterocycles. The van der Waals surface area contributed by atoms with E-state index >= 15 is 0 Å². The molecular formula is C29H22ClN3O2S. The van der Waals surface area contributed by atoms with Crippen LogP contribution in [-0.2, 0) is 9.59 Å². The summed E-state index contributed by atoms with van der Waals surface area (Å²) in [6.07, 6.45) is 1.62. The number of carbonyl (C=O) groups is 2. The standard InChI is InChI=1S/C29H22ClN3O2S/c1-18-16-22(19(2)32(18)24-12-8-21(9-13-24)20-6-4-3-5-7-20)17-26-27(34)31-29(36)33(28(26)35)25-14-10-23(30)11-15-25/h3-17H,1-2H3,(H,31,34,36). The third kappa shape index (κ3) is 4.37. The highest BCUT2D eigenvalue weighted by Gasteiger charge is 2.34. The molecule has 1 saturated heterocycles. The summed E-state index contributed by atoms with van der Waals surface area (Å²) in [5, 5.41) is 3.20. The van der Waals surface area contributed by atoms with Crippen LogP contribution in [0.15, 0.2) is 90.5 Å². The molecule has 1 aliphatic heterocycles. The van der Waals surface area contributed by atoms with Crippen LogP contribution in [0, 0.1) is 13.8 Å². The fraction of sp³-hybridized carbons (Fsp3) is 0.0690. The van der Waals surface area contributed by atoms with Gasteiger partial charge in [-0.1, -0.05) is 54.1 Å². The van der Waals surface area contributed by atoms with Gasteiger partial charge in [0.1, 0.15) is 5.57 Å². The van der Waals surface area contributed by atoms with Crippen LogP contribution in [0.25, 0.3) is 22.9 Å². The molecule has 1 N–H and O–H groups in total. The van der Waals surface area contributed by atoms with Gasteiger partial charge in [-0.3, -0.25) is 19.8 Å². The molecule has 5 nitrogen and oxygen atoms in total. The van der Waals surface area contributed by atoms with E-state index in [0.717, 1.165) is 33.8 Å². The number of nitrogens with zero attached hydrogens (tertiary/aromatic N) is 2. The molecule has 0 spiro atoms. The van der Waals surface area contributed by atoms with Gasteiger partial charge in [0, 0.05) is 22.1 Å². The summed E-state index contributed by atoms with van der Waals surface area (Å²) in [7, 11) is 0. The Morgan fingerprint density at radius 3 is 2.11 bits per heavy atom. The largest absolute Gasteiger partial charge is 0.318 e. The predicted octanol–water partition coefficient (Wildman–Crippen LogP) is 6.25. The summed E-state index contributed by atoms with van der Waals surface area (Å²) in [5.74, 6) is -1.00. The van der Waals surface area contributed by atoms with Crippen LogP contribution in [0.5, 0.6) is 0 Å². The Balaban J connectivity index is 1.49. The minimum atomic E-state index is -0.521. The molecule has 4 aromatic rings. The van der Waals surface area contributed by atoms with Gasteiger partial charge in [-0.05, 0) is 91.3 Å². The first-order chi connectivity index (χ1) is 17.3. The summed E-state index contributed by atoms with van der Waals surface area (Å²) >= 11 is 11.3. The number of hydrogen-bond acceptors (Lipinski definition) is 3. The number of hydrogen-bond donors (Lipinski definition) is 1. The van der Waals surface area contributed by atoms with Crippen LogP contribution in [0.3, 0.4) is 0 Å². The molecule has 0 atom stereocenters. The second-order valence-electron chi connectivity index (χ2n) is 8.51. The van der Waals surface area contributed by atoms with Crippen LogP contribution in [0.4, 0.5) is 5.69 Å². The maximum Gasteiger partial charge on any atom is 0.270 e. The molecule has 7 heteroatoms. The van der Waals surface area contributed by atoms with E-state index in [4.69, 9.17) is 23.8 Å². The lowest BCUT2D eigenvalue weighted by atomic mass is 10.1. The van der Waals surface area contributed by atoms with Gasteiger partial charge in [0.05, 0.1) is 5.69 Å². The smallest absolute Gasteiger partial charge is 0.270 e. The fourth-order valence-electron chi connectivity index (χ4n) is 4.40. The molecule has 0 bridgehead atoms.